The number of hydrogen-bond acceptors (Lipinski definition) is 5. The number of ether oxygens (including phenoxy) is 1. The van der Waals surface area contributed by atoms with Crippen LogP contribution in [0.2, 0.25) is 0 Å². The molecule has 5 nitrogen and oxygen atoms in total. The molecule has 0 aliphatic carbocycles. The summed E-state index contributed by atoms with van der Waals surface area (Å²) in [7, 11) is 0. The molecule has 0 bridgehead atoms. The fourth-order valence-electron chi connectivity index (χ4n) is 1.81. The van der Waals surface area contributed by atoms with Crippen LogP contribution in [0.15, 0.2) is 34.5 Å². The van der Waals surface area contributed by atoms with Gasteiger partial charge in [0.1, 0.15) is 5.75 Å². The predicted molar refractivity (Wildman–Crippen MR) is 86.5 cm³/mol. The number of rotatable bonds is 6. The normalized spacial score (nSPS) is 11.5. The lowest BCUT2D eigenvalue weighted by Crippen LogP contribution is -2.02. The monoisotopic (exact) mass is 304 g/mol. The zero-order valence-corrected chi connectivity index (χ0v) is 13.6. The highest BCUT2D eigenvalue weighted by Crippen LogP contribution is 2.19. The van der Waals surface area contributed by atoms with Crippen LogP contribution in [0.4, 0.5) is 0 Å². The van der Waals surface area contributed by atoms with Gasteiger partial charge in [-0.05, 0) is 43.0 Å². The predicted octanol–water partition coefficient (Wildman–Crippen LogP) is 3.40. The molecule has 0 unspecified atom stereocenters. The van der Waals surface area contributed by atoms with Gasteiger partial charge < -0.3 is 4.74 Å². The second-order valence-corrected chi connectivity index (χ2v) is 5.53. The van der Waals surface area contributed by atoms with Crippen molar-refractivity contribution in [3.63, 3.8) is 0 Å². The van der Waals surface area contributed by atoms with E-state index in [4.69, 9.17) is 4.74 Å². The van der Waals surface area contributed by atoms with Gasteiger partial charge in [0.05, 0.1) is 12.8 Å². The van der Waals surface area contributed by atoms with E-state index in [1.165, 1.54) is 11.8 Å². The summed E-state index contributed by atoms with van der Waals surface area (Å²) < 4.78 is 7.22. The summed E-state index contributed by atoms with van der Waals surface area (Å²) in [5.41, 5.74) is 1.01. The molecule has 0 amide bonds. The first kappa shape index (κ1) is 15.6. The molecule has 1 aromatic carbocycles. The molecule has 1 heterocycles. The summed E-state index contributed by atoms with van der Waals surface area (Å²) in [6, 6.07) is 7.84. The van der Waals surface area contributed by atoms with Gasteiger partial charge in [-0.1, -0.05) is 25.6 Å². The van der Waals surface area contributed by atoms with E-state index in [0.717, 1.165) is 22.3 Å². The molecule has 0 atom stereocenters. The van der Waals surface area contributed by atoms with Crippen LogP contribution < -0.4 is 4.74 Å². The fourth-order valence-corrected chi connectivity index (χ4v) is 2.25. The Morgan fingerprint density at radius 1 is 1.29 bits per heavy atom. The SMILES string of the molecule is CCOc1ccc(/C=N\n2c(SC)nnc2C(C)C)cc1. The van der Waals surface area contributed by atoms with Crippen LogP contribution in [0.5, 0.6) is 5.75 Å². The summed E-state index contributed by atoms with van der Waals surface area (Å²) in [5.74, 6) is 2.00. The van der Waals surface area contributed by atoms with Crippen LogP contribution in [0.3, 0.4) is 0 Å². The van der Waals surface area contributed by atoms with Gasteiger partial charge in [0.25, 0.3) is 0 Å². The first-order chi connectivity index (χ1) is 10.2. The Balaban J connectivity index is 2.22. The first-order valence-corrected chi connectivity index (χ1v) is 8.14. The molecule has 0 saturated heterocycles. The Morgan fingerprint density at radius 2 is 2.00 bits per heavy atom. The van der Waals surface area contributed by atoms with Crippen molar-refractivity contribution in [2.45, 2.75) is 31.8 Å². The fraction of sp³-hybridized carbons (Fsp3) is 0.400. The Labute approximate surface area is 129 Å². The van der Waals surface area contributed by atoms with Crippen LogP contribution in [-0.4, -0.2) is 34.0 Å². The lowest BCUT2D eigenvalue weighted by Gasteiger charge is -2.05. The zero-order valence-electron chi connectivity index (χ0n) is 12.8. The van der Waals surface area contributed by atoms with Gasteiger partial charge in [0.15, 0.2) is 5.82 Å². The van der Waals surface area contributed by atoms with Gasteiger partial charge in [0.2, 0.25) is 5.16 Å². The second-order valence-electron chi connectivity index (χ2n) is 4.76. The maximum atomic E-state index is 5.43. The third kappa shape index (κ3) is 3.85. The highest BCUT2D eigenvalue weighted by Gasteiger charge is 2.13. The molecule has 0 radical (unpaired) electrons. The zero-order chi connectivity index (χ0) is 15.2. The van der Waals surface area contributed by atoms with E-state index in [1.807, 2.05) is 43.7 Å². The van der Waals surface area contributed by atoms with Crippen molar-refractivity contribution in [3.05, 3.63) is 35.7 Å². The number of hydrogen-bond donors (Lipinski definition) is 0. The van der Waals surface area contributed by atoms with Gasteiger partial charge in [-0.25, -0.2) is 0 Å². The third-order valence-corrected chi connectivity index (χ3v) is 3.47. The third-order valence-electron chi connectivity index (χ3n) is 2.85. The van der Waals surface area contributed by atoms with E-state index in [1.54, 1.807) is 4.68 Å². The van der Waals surface area contributed by atoms with Gasteiger partial charge >= 0.3 is 0 Å². The van der Waals surface area contributed by atoms with E-state index in [0.29, 0.717) is 6.61 Å². The lowest BCUT2D eigenvalue weighted by atomic mass is 10.2. The Morgan fingerprint density at radius 3 is 2.57 bits per heavy atom. The number of nitrogens with zero attached hydrogens (tertiary/aromatic N) is 4. The summed E-state index contributed by atoms with van der Waals surface area (Å²) in [4.78, 5) is 0. The van der Waals surface area contributed by atoms with Crippen molar-refractivity contribution in [2.75, 3.05) is 12.9 Å². The standard InChI is InChI=1S/C15H20N4OS/c1-5-20-13-8-6-12(7-9-13)10-16-19-14(11(2)3)17-18-15(19)21-4/h6-11H,5H2,1-4H3/b16-10-. The Bertz CT molecular complexity index is 605. The van der Waals surface area contributed by atoms with E-state index >= 15 is 0 Å². The van der Waals surface area contributed by atoms with Gasteiger partial charge in [-0.3, -0.25) is 0 Å². The van der Waals surface area contributed by atoms with Crippen molar-refractivity contribution >= 4 is 18.0 Å². The van der Waals surface area contributed by atoms with E-state index < -0.39 is 0 Å². The minimum atomic E-state index is 0.274. The summed E-state index contributed by atoms with van der Waals surface area (Å²) in [5, 5.41) is 13.6. The highest BCUT2D eigenvalue weighted by atomic mass is 32.2. The summed E-state index contributed by atoms with van der Waals surface area (Å²) in [6.45, 7) is 6.80. The van der Waals surface area contributed by atoms with Crippen LogP contribution in [0.25, 0.3) is 0 Å². The molecule has 0 N–H and O–H groups in total. The first-order valence-electron chi connectivity index (χ1n) is 6.92. The number of aromatic nitrogens is 3. The summed E-state index contributed by atoms with van der Waals surface area (Å²) >= 11 is 1.53. The van der Waals surface area contributed by atoms with Crippen molar-refractivity contribution < 1.29 is 4.74 Å². The maximum absolute atomic E-state index is 5.43. The molecule has 2 rings (SSSR count). The molecule has 0 aliphatic rings. The molecule has 0 fully saturated rings. The van der Waals surface area contributed by atoms with Gasteiger partial charge in [-0.15, -0.1) is 10.2 Å². The van der Waals surface area contributed by atoms with E-state index in [9.17, 15) is 0 Å². The molecule has 0 spiro atoms. The molecular weight excluding hydrogens is 284 g/mol. The Kier molecular flexibility index (Phi) is 5.38. The molecule has 0 aliphatic heterocycles. The number of thioether (sulfide) groups is 1. The van der Waals surface area contributed by atoms with Crippen LogP contribution in [0.1, 0.15) is 38.1 Å². The van der Waals surface area contributed by atoms with Crippen molar-refractivity contribution in [2.24, 2.45) is 5.10 Å². The minimum absolute atomic E-state index is 0.274. The van der Waals surface area contributed by atoms with E-state index in [2.05, 4.69) is 29.1 Å². The van der Waals surface area contributed by atoms with Crippen molar-refractivity contribution in [1.29, 1.82) is 0 Å². The quantitative estimate of drug-likeness (QED) is 0.606. The van der Waals surface area contributed by atoms with Crippen LogP contribution in [0, 0.1) is 0 Å². The largest absolute Gasteiger partial charge is 0.494 e. The van der Waals surface area contributed by atoms with Crippen LogP contribution >= 0.6 is 11.8 Å². The topological polar surface area (TPSA) is 52.3 Å². The molecule has 6 heteroatoms. The van der Waals surface area contributed by atoms with Crippen molar-refractivity contribution in [3.8, 4) is 5.75 Å². The molecular formula is C15H20N4OS. The minimum Gasteiger partial charge on any atom is -0.494 e. The molecule has 2 aromatic rings. The molecule has 112 valence electrons. The molecule has 1 aromatic heterocycles. The van der Waals surface area contributed by atoms with Gasteiger partial charge in [-0.2, -0.15) is 9.78 Å². The molecule has 21 heavy (non-hydrogen) atoms. The van der Waals surface area contributed by atoms with Crippen LogP contribution in [-0.2, 0) is 0 Å². The maximum Gasteiger partial charge on any atom is 0.211 e. The Hall–Kier alpha value is -1.82. The second kappa shape index (κ2) is 7.26. The highest BCUT2D eigenvalue weighted by molar-refractivity contribution is 7.98. The smallest absolute Gasteiger partial charge is 0.211 e. The number of benzene rings is 1. The average Bonchev–Trinajstić information content (AvgIpc) is 2.90. The lowest BCUT2D eigenvalue weighted by molar-refractivity contribution is 0.340. The average molecular weight is 304 g/mol. The van der Waals surface area contributed by atoms with Crippen molar-refractivity contribution in [1.82, 2.24) is 14.9 Å². The molecule has 0 saturated carbocycles. The van der Waals surface area contributed by atoms with E-state index in [-0.39, 0.29) is 5.92 Å². The summed E-state index contributed by atoms with van der Waals surface area (Å²) in [6.07, 6.45) is 3.78. The van der Waals surface area contributed by atoms with Gasteiger partial charge in [0, 0.05) is 5.92 Å².